The molecular formula is C20H23FN2O3S. The lowest BCUT2D eigenvalue weighted by atomic mass is 9.81. The Balaban J connectivity index is 2.07. The molecule has 2 aromatic rings. The van der Waals surface area contributed by atoms with Crippen LogP contribution in [0.3, 0.4) is 0 Å². The molecule has 0 atom stereocenters. The van der Waals surface area contributed by atoms with Gasteiger partial charge in [-0.15, -0.1) is 11.3 Å². The number of anilines is 1. The number of methoxy groups -OCH3 is 1. The van der Waals surface area contributed by atoms with Crippen LogP contribution in [0.25, 0.3) is 0 Å². The number of rotatable bonds is 3. The van der Waals surface area contributed by atoms with E-state index >= 15 is 0 Å². The molecule has 1 aromatic heterocycles. The molecule has 0 spiro atoms. The highest BCUT2D eigenvalue weighted by Gasteiger charge is 2.42. The first kappa shape index (κ1) is 19.5. The minimum absolute atomic E-state index is 0.190. The van der Waals surface area contributed by atoms with Crippen LogP contribution in [-0.2, 0) is 16.7 Å². The summed E-state index contributed by atoms with van der Waals surface area (Å²) in [4.78, 5) is 26.1. The van der Waals surface area contributed by atoms with Gasteiger partial charge in [-0.3, -0.25) is 4.79 Å². The molecule has 0 bridgehead atoms. The second kappa shape index (κ2) is 6.73. The zero-order valence-corrected chi connectivity index (χ0v) is 16.8. The monoisotopic (exact) mass is 390 g/mol. The zero-order chi connectivity index (χ0) is 20.0. The molecule has 0 fully saturated rings. The quantitative estimate of drug-likeness (QED) is 0.775. The molecule has 144 valence electrons. The number of fused-ring (bicyclic) bond motifs is 1. The summed E-state index contributed by atoms with van der Waals surface area (Å²) in [5.41, 5.74) is 0.867. The molecule has 5 nitrogen and oxygen atoms in total. The van der Waals surface area contributed by atoms with E-state index in [1.165, 1.54) is 36.6 Å². The molecule has 1 aliphatic rings. The van der Waals surface area contributed by atoms with Gasteiger partial charge in [0.15, 0.2) is 0 Å². The van der Waals surface area contributed by atoms with E-state index in [9.17, 15) is 14.0 Å². The van der Waals surface area contributed by atoms with E-state index < -0.39 is 17.7 Å². The maximum atomic E-state index is 13.4. The molecule has 0 radical (unpaired) electrons. The highest BCUT2D eigenvalue weighted by atomic mass is 32.1. The van der Waals surface area contributed by atoms with E-state index in [2.05, 4.69) is 24.5 Å². The lowest BCUT2D eigenvalue weighted by Crippen LogP contribution is -2.55. The molecule has 2 N–H and O–H groups in total. The Morgan fingerprint density at radius 3 is 2.59 bits per heavy atom. The van der Waals surface area contributed by atoms with Gasteiger partial charge in [-0.2, -0.15) is 0 Å². The van der Waals surface area contributed by atoms with Crippen LogP contribution in [0.2, 0.25) is 0 Å². The van der Waals surface area contributed by atoms with E-state index in [0.29, 0.717) is 17.0 Å². The van der Waals surface area contributed by atoms with Gasteiger partial charge < -0.3 is 15.4 Å². The van der Waals surface area contributed by atoms with Crippen molar-refractivity contribution in [2.75, 3.05) is 12.4 Å². The van der Waals surface area contributed by atoms with Crippen molar-refractivity contribution in [2.45, 2.75) is 45.2 Å². The molecule has 0 saturated heterocycles. The Bertz CT molecular complexity index is 918. The van der Waals surface area contributed by atoms with Gasteiger partial charge in [0, 0.05) is 21.5 Å². The molecule has 0 aliphatic carbocycles. The van der Waals surface area contributed by atoms with Gasteiger partial charge in [0.25, 0.3) is 5.91 Å². The molecular weight excluding hydrogens is 367 g/mol. The van der Waals surface area contributed by atoms with Crippen molar-refractivity contribution in [1.82, 2.24) is 5.32 Å². The number of hydrogen-bond donors (Lipinski definition) is 2. The summed E-state index contributed by atoms with van der Waals surface area (Å²) < 4.78 is 18.4. The van der Waals surface area contributed by atoms with Gasteiger partial charge in [0.1, 0.15) is 10.8 Å². The van der Waals surface area contributed by atoms with Crippen molar-refractivity contribution in [2.24, 2.45) is 0 Å². The summed E-state index contributed by atoms with van der Waals surface area (Å²) in [6, 6.07) is 5.44. The number of benzene rings is 1. The van der Waals surface area contributed by atoms with Crippen molar-refractivity contribution < 1.29 is 18.7 Å². The fourth-order valence-electron chi connectivity index (χ4n) is 3.74. The Hall–Kier alpha value is -2.25. The average molecular weight is 390 g/mol. The topological polar surface area (TPSA) is 67.4 Å². The third-order valence-corrected chi connectivity index (χ3v) is 6.02. The van der Waals surface area contributed by atoms with E-state index in [4.69, 9.17) is 4.74 Å². The average Bonchev–Trinajstić information content (AvgIpc) is 2.91. The fourth-order valence-corrected chi connectivity index (χ4v) is 5.00. The number of carbonyl (C=O) groups is 2. The van der Waals surface area contributed by atoms with Gasteiger partial charge in [0.2, 0.25) is 0 Å². The summed E-state index contributed by atoms with van der Waals surface area (Å²) in [6.45, 7) is 8.23. The smallest absolute Gasteiger partial charge is 0.341 e. The fraction of sp³-hybridized carbons (Fsp3) is 0.400. The largest absolute Gasteiger partial charge is 0.465 e. The third-order valence-electron chi connectivity index (χ3n) is 4.55. The summed E-state index contributed by atoms with van der Waals surface area (Å²) in [6.07, 6.45) is 0.628. The van der Waals surface area contributed by atoms with Crippen LogP contribution in [0.1, 0.15) is 58.9 Å². The molecule has 27 heavy (non-hydrogen) atoms. The minimum Gasteiger partial charge on any atom is -0.465 e. The molecule has 1 aromatic carbocycles. The van der Waals surface area contributed by atoms with E-state index in [1.54, 1.807) is 0 Å². The minimum atomic E-state index is -0.492. The summed E-state index contributed by atoms with van der Waals surface area (Å²) >= 11 is 1.35. The summed E-state index contributed by atoms with van der Waals surface area (Å²) in [5.74, 6) is -1.45. The van der Waals surface area contributed by atoms with E-state index in [-0.39, 0.29) is 16.6 Å². The van der Waals surface area contributed by atoms with Crippen LogP contribution >= 0.6 is 11.3 Å². The highest BCUT2D eigenvalue weighted by Crippen LogP contribution is 2.45. The molecule has 7 heteroatoms. The number of ether oxygens (including phenoxy) is 1. The number of amides is 1. The maximum absolute atomic E-state index is 13.4. The summed E-state index contributed by atoms with van der Waals surface area (Å²) in [5, 5.41) is 6.77. The number of carbonyl (C=O) groups excluding carboxylic acids is 2. The third kappa shape index (κ3) is 3.75. The van der Waals surface area contributed by atoms with Crippen LogP contribution < -0.4 is 10.6 Å². The van der Waals surface area contributed by atoms with Crippen molar-refractivity contribution >= 4 is 28.2 Å². The molecule has 0 unspecified atom stereocenters. The van der Waals surface area contributed by atoms with Gasteiger partial charge in [-0.25, -0.2) is 9.18 Å². The first-order valence-electron chi connectivity index (χ1n) is 8.65. The lowest BCUT2D eigenvalue weighted by molar-refractivity contribution is 0.0600. The van der Waals surface area contributed by atoms with Crippen LogP contribution in [0, 0.1) is 5.82 Å². The van der Waals surface area contributed by atoms with E-state index in [0.717, 1.165) is 16.5 Å². The van der Waals surface area contributed by atoms with Crippen LogP contribution in [0.4, 0.5) is 9.39 Å². The first-order chi connectivity index (χ1) is 12.5. The Morgan fingerprint density at radius 2 is 1.96 bits per heavy atom. The second-order valence-electron chi connectivity index (χ2n) is 7.88. The number of hydrogen-bond acceptors (Lipinski definition) is 5. The Labute approximate surface area is 161 Å². The summed E-state index contributed by atoms with van der Waals surface area (Å²) in [7, 11) is 1.32. The van der Waals surface area contributed by atoms with E-state index in [1.807, 2.05) is 13.8 Å². The number of thiophene rings is 1. The molecule has 0 saturated carbocycles. The standard InChI is InChI=1S/C20H23FN2O3S/c1-19(2)10-13-14(18(25)26-5)17(27-15(13)20(3,4)23-19)22-16(24)11-7-6-8-12(21)9-11/h6-9,23H,10H2,1-5H3,(H,22,24). The molecule has 1 amide bonds. The van der Waals surface area contributed by atoms with Crippen molar-refractivity contribution in [3.63, 3.8) is 0 Å². The van der Waals surface area contributed by atoms with Gasteiger partial charge in [0.05, 0.1) is 12.7 Å². The number of nitrogens with one attached hydrogen (secondary N) is 2. The first-order valence-corrected chi connectivity index (χ1v) is 9.46. The Kier molecular flexibility index (Phi) is 4.86. The Morgan fingerprint density at radius 1 is 1.26 bits per heavy atom. The maximum Gasteiger partial charge on any atom is 0.341 e. The SMILES string of the molecule is COC(=O)c1c(NC(=O)c2cccc(F)c2)sc2c1CC(C)(C)NC2(C)C. The second-order valence-corrected chi connectivity index (χ2v) is 8.90. The van der Waals surface area contributed by atoms with Crippen molar-refractivity contribution in [3.8, 4) is 0 Å². The predicted molar refractivity (Wildman–Crippen MR) is 104 cm³/mol. The van der Waals surface area contributed by atoms with Gasteiger partial charge in [-0.1, -0.05) is 6.07 Å². The van der Waals surface area contributed by atoms with Crippen molar-refractivity contribution in [3.05, 3.63) is 51.7 Å². The highest BCUT2D eigenvalue weighted by molar-refractivity contribution is 7.17. The normalized spacial score (nSPS) is 17.1. The molecule has 2 heterocycles. The van der Waals surface area contributed by atoms with Gasteiger partial charge >= 0.3 is 5.97 Å². The van der Waals surface area contributed by atoms with Crippen LogP contribution in [0.5, 0.6) is 0 Å². The predicted octanol–water partition coefficient (Wildman–Crippen LogP) is 4.09. The lowest BCUT2D eigenvalue weighted by Gasteiger charge is -2.42. The van der Waals surface area contributed by atoms with Crippen molar-refractivity contribution in [1.29, 1.82) is 0 Å². The van der Waals surface area contributed by atoms with Crippen LogP contribution in [0.15, 0.2) is 24.3 Å². The molecule has 1 aliphatic heterocycles. The number of esters is 1. The van der Waals surface area contributed by atoms with Gasteiger partial charge in [-0.05, 0) is 57.9 Å². The molecule has 3 rings (SSSR count). The number of halogens is 1. The van der Waals surface area contributed by atoms with Crippen LogP contribution in [-0.4, -0.2) is 24.5 Å². The zero-order valence-electron chi connectivity index (χ0n) is 16.0.